The Bertz CT molecular complexity index is 589. The van der Waals surface area contributed by atoms with Gasteiger partial charge in [0.15, 0.2) is 5.96 Å². The number of nitrogens with zero attached hydrogens (tertiary/aromatic N) is 2. The summed E-state index contributed by atoms with van der Waals surface area (Å²) < 4.78 is 0. The molecule has 0 aliphatic carbocycles. The highest BCUT2D eigenvalue weighted by molar-refractivity contribution is 14.0. The fraction of sp³-hybridized carbons (Fsp3) is 0.667. The fourth-order valence-corrected chi connectivity index (χ4v) is 5.11. The molecule has 2 aliphatic rings. The van der Waals surface area contributed by atoms with Crippen LogP contribution in [-0.2, 0) is 13.1 Å². The number of thioether (sulfide) groups is 1. The Morgan fingerprint density at radius 2 is 1.96 bits per heavy atom. The number of piperidine rings is 1. The average molecular weight is 503 g/mol. The van der Waals surface area contributed by atoms with Gasteiger partial charge in [0.1, 0.15) is 0 Å². The standard InChI is InChI=1S/C21H34N4S.HI/c1-17-8-5-6-12-25(17)16-19-10-4-3-9-18(19)14-23-21(22-2)24-15-20-11-7-13-26-20;/h3-4,9-10,17,20H,5-8,11-16H2,1-2H3,(H2,22,23,24);1H. The van der Waals surface area contributed by atoms with Crippen molar-refractivity contribution in [2.45, 2.75) is 63.4 Å². The van der Waals surface area contributed by atoms with Crippen LogP contribution in [0.15, 0.2) is 29.3 Å². The molecular formula is C21H35IN4S. The lowest BCUT2D eigenvalue weighted by Gasteiger charge is -2.33. The lowest BCUT2D eigenvalue weighted by Crippen LogP contribution is -2.40. The van der Waals surface area contributed by atoms with Crippen LogP contribution >= 0.6 is 35.7 Å². The van der Waals surface area contributed by atoms with Crippen molar-refractivity contribution in [3.63, 3.8) is 0 Å². The van der Waals surface area contributed by atoms with E-state index < -0.39 is 0 Å². The summed E-state index contributed by atoms with van der Waals surface area (Å²) in [6.07, 6.45) is 6.72. The van der Waals surface area contributed by atoms with Crippen LogP contribution in [-0.4, -0.2) is 48.0 Å². The third-order valence-electron chi connectivity index (χ3n) is 5.62. The SMILES string of the molecule is CN=C(NCc1ccccc1CN1CCCCC1C)NCC1CCCS1.I. The van der Waals surface area contributed by atoms with E-state index >= 15 is 0 Å². The number of guanidine groups is 1. The van der Waals surface area contributed by atoms with Crippen molar-refractivity contribution in [2.24, 2.45) is 4.99 Å². The molecule has 1 aromatic rings. The molecule has 3 rings (SSSR count). The molecule has 0 radical (unpaired) electrons. The van der Waals surface area contributed by atoms with Gasteiger partial charge in [-0.3, -0.25) is 9.89 Å². The van der Waals surface area contributed by atoms with Gasteiger partial charge >= 0.3 is 0 Å². The van der Waals surface area contributed by atoms with E-state index in [1.165, 1.54) is 55.5 Å². The van der Waals surface area contributed by atoms with Crippen LogP contribution < -0.4 is 10.6 Å². The molecule has 2 atom stereocenters. The minimum absolute atomic E-state index is 0. The predicted molar refractivity (Wildman–Crippen MR) is 129 cm³/mol. The lowest BCUT2D eigenvalue weighted by atomic mass is 10.0. The Kier molecular flexibility index (Phi) is 10.3. The summed E-state index contributed by atoms with van der Waals surface area (Å²) in [5.41, 5.74) is 2.82. The number of halogens is 1. The maximum atomic E-state index is 4.40. The van der Waals surface area contributed by atoms with Gasteiger partial charge in [0.05, 0.1) is 0 Å². The van der Waals surface area contributed by atoms with Crippen LogP contribution in [0, 0.1) is 0 Å². The minimum atomic E-state index is 0. The van der Waals surface area contributed by atoms with Crippen molar-refractivity contribution in [1.29, 1.82) is 0 Å². The van der Waals surface area contributed by atoms with Gasteiger partial charge in [-0.25, -0.2) is 0 Å². The number of nitrogens with one attached hydrogen (secondary N) is 2. The van der Waals surface area contributed by atoms with Gasteiger partial charge in [-0.15, -0.1) is 24.0 Å². The van der Waals surface area contributed by atoms with Crippen LogP contribution in [0.25, 0.3) is 0 Å². The first kappa shape index (κ1) is 22.8. The molecule has 0 bridgehead atoms. The van der Waals surface area contributed by atoms with E-state index in [0.717, 1.165) is 30.8 Å². The van der Waals surface area contributed by atoms with Crippen LogP contribution in [0.3, 0.4) is 0 Å². The summed E-state index contributed by atoms with van der Waals surface area (Å²) in [5.74, 6) is 2.22. The fourth-order valence-electron chi connectivity index (χ4n) is 3.91. The number of rotatable bonds is 6. The molecule has 27 heavy (non-hydrogen) atoms. The van der Waals surface area contributed by atoms with E-state index in [1.807, 2.05) is 7.05 Å². The Hall–Kier alpha value is -0.470. The number of hydrogen-bond acceptors (Lipinski definition) is 3. The Labute approximate surface area is 186 Å². The van der Waals surface area contributed by atoms with Crippen molar-refractivity contribution in [1.82, 2.24) is 15.5 Å². The van der Waals surface area contributed by atoms with Crippen molar-refractivity contribution < 1.29 is 0 Å². The highest BCUT2D eigenvalue weighted by atomic mass is 127. The van der Waals surface area contributed by atoms with Crippen molar-refractivity contribution >= 4 is 41.7 Å². The third kappa shape index (κ3) is 7.13. The highest BCUT2D eigenvalue weighted by Crippen LogP contribution is 2.25. The maximum Gasteiger partial charge on any atom is 0.191 e. The van der Waals surface area contributed by atoms with Crippen LogP contribution in [0.1, 0.15) is 50.2 Å². The van der Waals surface area contributed by atoms with Crippen LogP contribution in [0.4, 0.5) is 0 Å². The van der Waals surface area contributed by atoms with Crippen molar-refractivity contribution in [2.75, 3.05) is 25.9 Å². The molecule has 2 fully saturated rings. The highest BCUT2D eigenvalue weighted by Gasteiger charge is 2.19. The zero-order valence-corrected chi connectivity index (χ0v) is 19.9. The van der Waals surface area contributed by atoms with E-state index in [1.54, 1.807) is 0 Å². The van der Waals surface area contributed by atoms with E-state index in [0.29, 0.717) is 6.04 Å². The van der Waals surface area contributed by atoms with Gasteiger partial charge in [0.2, 0.25) is 0 Å². The maximum absolute atomic E-state index is 4.40. The van der Waals surface area contributed by atoms with Gasteiger partial charge < -0.3 is 10.6 Å². The zero-order chi connectivity index (χ0) is 18.2. The Balaban J connectivity index is 0.00000261. The number of benzene rings is 1. The number of likely N-dealkylation sites (tertiary alicyclic amines) is 1. The molecule has 0 amide bonds. The summed E-state index contributed by atoms with van der Waals surface area (Å²) in [7, 11) is 1.86. The normalized spacial score (nSPS) is 23.7. The second-order valence-corrected chi connectivity index (χ2v) is 8.93. The molecule has 2 N–H and O–H groups in total. The molecule has 0 spiro atoms. The second-order valence-electron chi connectivity index (χ2n) is 7.53. The van der Waals surface area contributed by atoms with E-state index in [2.05, 4.69) is 63.5 Å². The average Bonchev–Trinajstić information content (AvgIpc) is 3.18. The summed E-state index contributed by atoms with van der Waals surface area (Å²) in [6.45, 7) is 6.49. The van der Waals surface area contributed by atoms with E-state index in [-0.39, 0.29) is 24.0 Å². The summed E-state index contributed by atoms with van der Waals surface area (Å²) >= 11 is 2.08. The molecule has 1 aromatic carbocycles. The predicted octanol–water partition coefficient (Wildman–Crippen LogP) is 4.24. The first-order valence-electron chi connectivity index (χ1n) is 10.1. The molecular weight excluding hydrogens is 467 g/mol. The molecule has 2 heterocycles. The lowest BCUT2D eigenvalue weighted by molar-refractivity contribution is 0.152. The molecule has 152 valence electrons. The number of aliphatic imine (C=N–C) groups is 1. The first-order valence-corrected chi connectivity index (χ1v) is 11.2. The first-order chi connectivity index (χ1) is 12.8. The Morgan fingerprint density at radius 1 is 1.15 bits per heavy atom. The molecule has 0 saturated carbocycles. The summed E-state index contributed by atoms with van der Waals surface area (Å²) in [4.78, 5) is 7.03. The Morgan fingerprint density at radius 3 is 2.67 bits per heavy atom. The van der Waals surface area contributed by atoms with Gasteiger partial charge in [0.25, 0.3) is 0 Å². The number of hydrogen-bond donors (Lipinski definition) is 2. The van der Waals surface area contributed by atoms with E-state index in [4.69, 9.17) is 0 Å². The minimum Gasteiger partial charge on any atom is -0.355 e. The third-order valence-corrected chi connectivity index (χ3v) is 7.02. The molecule has 2 unspecified atom stereocenters. The van der Waals surface area contributed by atoms with Crippen LogP contribution in [0.5, 0.6) is 0 Å². The quantitative estimate of drug-likeness (QED) is 0.347. The monoisotopic (exact) mass is 502 g/mol. The molecule has 2 saturated heterocycles. The second kappa shape index (κ2) is 12.2. The largest absolute Gasteiger partial charge is 0.355 e. The van der Waals surface area contributed by atoms with Crippen molar-refractivity contribution in [3.05, 3.63) is 35.4 Å². The topological polar surface area (TPSA) is 39.7 Å². The molecule has 6 heteroatoms. The summed E-state index contributed by atoms with van der Waals surface area (Å²) in [6, 6.07) is 9.53. The molecule has 4 nitrogen and oxygen atoms in total. The van der Waals surface area contributed by atoms with Crippen molar-refractivity contribution in [3.8, 4) is 0 Å². The van der Waals surface area contributed by atoms with Gasteiger partial charge in [-0.2, -0.15) is 11.8 Å². The van der Waals surface area contributed by atoms with Gasteiger partial charge in [0, 0.05) is 38.0 Å². The molecule has 0 aromatic heterocycles. The zero-order valence-electron chi connectivity index (χ0n) is 16.7. The van der Waals surface area contributed by atoms with Gasteiger partial charge in [-0.1, -0.05) is 30.7 Å². The summed E-state index contributed by atoms with van der Waals surface area (Å²) in [5, 5.41) is 7.74. The van der Waals surface area contributed by atoms with Crippen LogP contribution in [0.2, 0.25) is 0 Å². The smallest absolute Gasteiger partial charge is 0.191 e. The van der Waals surface area contributed by atoms with Gasteiger partial charge in [-0.05, 0) is 56.0 Å². The molecule has 2 aliphatic heterocycles. The van der Waals surface area contributed by atoms with E-state index in [9.17, 15) is 0 Å².